The zero-order valence-corrected chi connectivity index (χ0v) is 57.4. The molecule has 0 spiro atoms. The molecule has 0 bridgehead atoms. The van der Waals surface area contributed by atoms with E-state index in [4.69, 9.17) is 47.2 Å². The molecule has 1 aliphatic heterocycles. The second kappa shape index (κ2) is 31.3. The van der Waals surface area contributed by atoms with Crippen molar-refractivity contribution in [2.45, 2.75) is 144 Å². The van der Waals surface area contributed by atoms with Crippen LogP contribution in [0.5, 0.6) is 23.8 Å². The summed E-state index contributed by atoms with van der Waals surface area (Å²) in [5.74, 6) is 0.599. The van der Waals surface area contributed by atoms with E-state index < -0.39 is 70.9 Å². The van der Waals surface area contributed by atoms with Crippen LogP contribution in [0.15, 0.2) is 89.7 Å². The Kier molecular flexibility index (Phi) is 25.8. The highest BCUT2D eigenvalue weighted by Gasteiger charge is 2.52. The SMILES string of the molecule is COC(=O)C(C)(C)COc1ccc(-c2ccc(-c3nc(OCC(F)(F)F)n(COCC[Si](C)(C)C)n3)cc2)cn1.COC(=O)C(C)(C)COc1ccc(B2OC(C)(C)C(C)(C)O2)cn1.C[Si](C)(C)CCOCn1nc(-c2ccc(Br)cc2)nc1OCC(F)(F)F. The number of esters is 2. The molecule has 7 rings (SSSR count). The normalized spacial score (nSPS) is 14.2. The molecule has 0 atom stereocenters. The number of carbonyl (C=O) groups is 2. The van der Waals surface area contributed by atoms with Gasteiger partial charge in [-0.3, -0.25) is 9.59 Å². The number of nitrogens with zero attached hydrogens (tertiary/aromatic N) is 8. The fourth-order valence-corrected chi connectivity index (χ4v) is 9.23. The average Bonchev–Trinajstić information content (AvgIpc) is 1.81. The quantitative estimate of drug-likeness (QED) is 0.0214. The van der Waals surface area contributed by atoms with Gasteiger partial charge in [0.15, 0.2) is 24.9 Å². The average molecular weight is 1370 g/mol. The van der Waals surface area contributed by atoms with Crippen LogP contribution in [0.1, 0.15) is 55.4 Å². The van der Waals surface area contributed by atoms with Crippen molar-refractivity contribution in [1.82, 2.24) is 39.5 Å². The largest absolute Gasteiger partial charge is 0.496 e. The highest BCUT2D eigenvalue weighted by molar-refractivity contribution is 9.10. The Bertz CT molecular complexity index is 3220. The molecule has 0 radical (unpaired) electrons. The standard InChI is InChI=1S/C27H35F3N4O5Si.C17H26BNO5.C16H21BrF3N3O2Si/c1-26(2,24(35)36-3)16-38-22-12-11-21(15-31-22)19-7-9-20(10-8-19)23-32-25(39-17-27(28,29)30)34(33-23)18-37-13-14-40(4,5)6;1-15(2,14(20)21-7)11-22-13-9-8-12(10-19-13)18-23-16(3,4)17(5,6)24-18;1-26(2,3)9-8-24-11-23-15(25-10-16(18,19)20)21-14(22-23)12-4-6-13(17)7-5-12/h7-12,15H,13-14,16-18H2,1-6H3;8-10H,11H2,1-7H3;4-7H,8-11H2,1-3H3. The lowest BCUT2D eigenvalue weighted by molar-refractivity contribution is -0.156. The monoisotopic (exact) mass is 1370 g/mol. The minimum atomic E-state index is -4.51. The summed E-state index contributed by atoms with van der Waals surface area (Å²) in [6, 6.07) is 22.8. The number of benzene rings is 2. The van der Waals surface area contributed by atoms with Crippen LogP contribution in [0.3, 0.4) is 0 Å². The van der Waals surface area contributed by atoms with Crippen molar-refractivity contribution in [2.75, 3.05) is 53.9 Å². The maximum absolute atomic E-state index is 12.8. The first kappa shape index (κ1) is 74.3. The van der Waals surface area contributed by atoms with E-state index in [1.165, 1.54) is 23.6 Å². The highest BCUT2D eigenvalue weighted by atomic mass is 79.9. The molecule has 0 amide bonds. The van der Waals surface area contributed by atoms with E-state index in [1.807, 2.05) is 52.0 Å². The van der Waals surface area contributed by atoms with Gasteiger partial charge in [0.1, 0.15) is 26.7 Å². The first-order chi connectivity index (χ1) is 41.7. The number of methoxy groups -OCH3 is 2. The van der Waals surface area contributed by atoms with Crippen LogP contribution >= 0.6 is 15.9 Å². The van der Waals surface area contributed by atoms with Crippen molar-refractivity contribution >= 4 is 56.6 Å². The number of hydrogen-bond donors (Lipinski definition) is 0. The van der Waals surface area contributed by atoms with E-state index in [-0.39, 0.29) is 62.3 Å². The number of halogens is 7. The minimum absolute atomic E-state index is 0.0127. The van der Waals surface area contributed by atoms with Crippen LogP contribution in [-0.2, 0) is 51.3 Å². The van der Waals surface area contributed by atoms with Crippen LogP contribution in [0.4, 0.5) is 26.3 Å². The molecule has 6 aromatic rings. The second-order valence-electron chi connectivity index (χ2n) is 25.8. The number of hydrogen-bond acceptors (Lipinski definition) is 18. The second-order valence-corrected chi connectivity index (χ2v) is 37.9. The molecule has 1 fully saturated rings. The Morgan fingerprint density at radius 2 is 0.922 bits per heavy atom. The van der Waals surface area contributed by atoms with Crippen molar-refractivity contribution in [3.8, 4) is 57.7 Å². The number of alkyl halides is 6. The first-order valence-corrected chi connectivity index (χ1v) is 36.9. The molecule has 0 unspecified atom stereocenters. The van der Waals surface area contributed by atoms with E-state index in [9.17, 15) is 35.9 Å². The Hall–Kier alpha value is -6.44. The number of ether oxygens (including phenoxy) is 8. The van der Waals surface area contributed by atoms with Crippen LogP contribution in [0, 0.1) is 10.8 Å². The number of carbonyl (C=O) groups excluding carboxylic acids is 2. The molecule has 20 nitrogen and oxygen atoms in total. The van der Waals surface area contributed by atoms with Gasteiger partial charge in [0, 0.05) is 74.4 Å². The third kappa shape index (κ3) is 24.0. The van der Waals surface area contributed by atoms with Crippen molar-refractivity contribution in [3.05, 3.63) is 89.7 Å². The van der Waals surface area contributed by atoms with Crippen molar-refractivity contribution in [2.24, 2.45) is 10.8 Å². The van der Waals surface area contributed by atoms with E-state index in [2.05, 4.69) is 85.3 Å². The number of aromatic nitrogens is 8. The molecule has 5 heterocycles. The van der Waals surface area contributed by atoms with Gasteiger partial charge >= 0.3 is 43.4 Å². The van der Waals surface area contributed by atoms with Crippen molar-refractivity contribution in [1.29, 1.82) is 0 Å². The predicted molar refractivity (Wildman–Crippen MR) is 336 cm³/mol. The fraction of sp³-hybridized carbons (Fsp3) is 0.533. The molecule has 1 aliphatic rings. The molecule has 494 valence electrons. The van der Waals surface area contributed by atoms with E-state index >= 15 is 0 Å². The van der Waals surface area contributed by atoms with Crippen LogP contribution in [0.25, 0.3) is 33.9 Å². The summed E-state index contributed by atoms with van der Waals surface area (Å²) in [5.41, 5.74) is 1.42. The highest BCUT2D eigenvalue weighted by Crippen LogP contribution is 2.37. The molecule has 2 aromatic carbocycles. The van der Waals surface area contributed by atoms with Gasteiger partial charge in [-0.1, -0.05) is 97.7 Å². The lowest BCUT2D eigenvalue weighted by Crippen LogP contribution is -2.41. The lowest BCUT2D eigenvalue weighted by atomic mass is 9.80. The molecule has 1 saturated heterocycles. The van der Waals surface area contributed by atoms with Gasteiger partial charge in [-0.2, -0.15) is 45.7 Å². The fourth-order valence-electron chi connectivity index (χ4n) is 7.46. The lowest BCUT2D eigenvalue weighted by Gasteiger charge is -2.32. The third-order valence-electron chi connectivity index (χ3n) is 13.7. The number of pyridine rings is 2. The Morgan fingerprint density at radius 1 is 0.544 bits per heavy atom. The van der Waals surface area contributed by atoms with Crippen LogP contribution in [-0.4, -0.2) is 152 Å². The molecule has 0 aliphatic carbocycles. The summed E-state index contributed by atoms with van der Waals surface area (Å²) in [5, 5.41) is 8.55. The predicted octanol–water partition coefficient (Wildman–Crippen LogP) is 12.8. The van der Waals surface area contributed by atoms with Gasteiger partial charge in [0.2, 0.25) is 11.8 Å². The molecule has 0 N–H and O–H groups in total. The van der Waals surface area contributed by atoms with Crippen molar-refractivity contribution < 1.29 is 83.1 Å². The molecule has 30 heteroatoms. The maximum atomic E-state index is 12.8. The van der Waals surface area contributed by atoms with E-state index in [0.717, 1.165) is 33.2 Å². The van der Waals surface area contributed by atoms with Gasteiger partial charge < -0.3 is 47.2 Å². The molecular weight excluding hydrogens is 1290 g/mol. The van der Waals surface area contributed by atoms with Gasteiger partial charge in [0.25, 0.3) is 0 Å². The zero-order valence-electron chi connectivity index (χ0n) is 53.9. The molecule has 0 saturated carbocycles. The molecule has 90 heavy (non-hydrogen) atoms. The smallest absolute Gasteiger partial charge is 0.476 e. The summed E-state index contributed by atoms with van der Waals surface area (Å²) in [6.45, 7) is 26.6. The summed E-state index contributed by atoms with van der Waals surface area (Å²) in [6.07, 6.45) is -5.65. The van der Waals surface area contributed by atoms with Crippen molar-refractivity contribution in [3.63, 3.8) is 0 Å². The zero-order chi connectivity index (χ0) is 67.1. The summed E-state index contributed by atoms with van der Waals surface area (Å²) in [4.78, 5) is 40.3. The Morgan fingerprint density at radius 3 is 1.28 bits per heavy atom. The van der Waals surface area contributed by atoms with Crippen LogP contribution in [0.2, 0.25) is 51.4 Å². The van der Waals surface area contributed by atoms with Gasteiger partial charge in [-0.15, -0.1) is 10.2 Å². The molecule has 4 aromatic heterocycles. The van der Waals surface area contributed by atoms with Gasteiger partial charge in [-0.25, -0.2) is 9.97 Å². The molecular formula is C60H82BBrF6N8O12Si2. The van der Waals surface area contributed by atoms with Gasteiger partial charge in [-0.05, 0) is 97.3 Å². The van der Waals surface area contributed by atoms with E-state index in [1.54, 1.807) is 88.6 Å². The van der Waals surface area contributed by atoms with E-state index in [0.29, 0.717) is 36.1 Å². The third-order valence-corrected chi connectivity index (χ3v) is 17.6. The van der Waals surface area contributed by atoms with Crippen LogP contribution < -0.4 is 24.4 Å². The summed E-state index contributed by atoms with van der Waals surface area (Å²) >= 11 is 3.33. The summed E-state index contributed by atoms with van der Waals surface area (Å²) in [7, 11) is -0.350. The summed E-state index contributed by atoms with van der Waals surface area (Å²) < 4.78 is 133. The number of rotatable bonds is 26. The Labute approximate surface area is 532 Å². The van der Waals surface area contributed by atoms with Gasteiger partial charge in [0.05, 0.1) is 36.3 Å². The maximum Gasteiger partial charge on any atom is 0.496 e. The first-order valence-electron chi connectivity index (χ1n) is 28.7. The minimum Gasteiger partial charge on any atom is -0.476 e. The Balaban J connectivity index is 0.000000257. The topological polar surface area (TPSA) is 214 Å².